The number of carbonyl (C=O) groups is 2. The molecular weight excluding hydrogens is 378 g/mol. The first kappa shape index (κ1) is 21.7. The summed E-state index contributed by atoms with van der Waals surface area (Å²) in [4.78, 5) is 27.2. The van der Waals surface area contributed by atoms with Crippen LogP contribution >= 0.6 is 11.6 Å². The Bertz CT molecular complexity index is 824. The van der Waals surface area contributed by atoms with Crippen molar-refractivity contribution in [2.75, 3.05) is 39.6 Å². The molecule has 2 aromatic carbocycles. The van der Waals surface area contributed by atoms with Gasteiger partial charge < -0.3 is 19.9 Å². The highest BCUT2D eigenvalue weighted by Crippen LogP contribution is 2.27. The standard InChI is InChI=1S/C21H26ClN3O3/c1-15-5-7-16(8-6-15)12-25(3)21(27)14-24(2)13-20(26)23-18-11-17(22)9-10-19(18)28-4/h5-11H,12-14H2,1-4H3,(H,23,26)/p+1. The largest absolute Gasteiger partial charge is 0.495 e. The number of methoxy groups -OCH3 is 1. The van der Waals surface area contributed by atoms with E-state index in [9.17, 15) is 9.59 Å². The maximum absolute atomic E-state index is 12.4. The zero-order chi connectivity index (χ0) is 20.7. The Labute approximate surface area is 171 Å². The van der Waals surface area contributed by atoms with Crippen molar-refractivity contribution in [1.82, 2.24) is 4.90 Å². The smallest absolute Gasteiger partial charge is 0.279 e. The van der Waals surface area contributed by atoms with Crippen LogP contribution in [0, 0.1) is 6.92 Å². The van der Waals surface area contributed by atoms with Crippen LogP contribution in [-0.2, 0) is 16.1 Å². The fourth-order valence-corrected chi connectivity index (χ4v) is 2.93. The van der Waals surface area contributed by atoms with Crippen LogP contribution in [0.25, 0.3) is 0 Å². The Morgan fingerprint density at radius 3 is 2.46 bits per heavy atom. The SMILES string of the molecule is COc1ccc(Cl)cc1NC(=O)C[NH+](C)CC(=O)N(C)Cc1ccc(C)cc1. The number of likely N-dealkylation sites (N-methyl/N-ethyl adjacent to an activating group) is 2. The number of aryl methyl sites for hydroxylation is 1. The first-order chi connectivity index (χ1) is 13.3. The van der Waals surface area contributed by atoms with Crippen molar-refractivity contribution in [2.24, 2.45) is 0 Å². The molecule has 0 fully saturated rings. The van der Waals surface area contributed by atoms with E-state index in [2.05, 4.69) is 5.32 Å². The predicted octanol–water partition coefficient (Wildman–Crippen LogP) is 1.77. The van der Waals surface area contributed by atoms with Gasteiger partial charge in [-0.1, -0.05) is 41.4 Å². The third-order valence-electron chi connectivity index (χ3n) is 4.32. The van der Waals surface area contributed by atoms with Gasteiger partial charge in [0.25, 0.3) is 11.8 Å². The van der Waals surface area contributed by atoms with E-state index >= 15 is 0 Å². The van der Waals surface area contributed by atoms with Crippen LogP contribution in [0.4, 0.5) is 5.69 Å². The average molecular weight is 405 g/mol. The summed E-state index contributed by atoms with van der Waals surface area (Å²) < 4.78 is 5.23. The number of amides is 2. The minimum atomic E-state index is -0.216. The molecule has 1 atom stereocenters. The first-order valence-corrected chi connectivity index (χ1v) is 9.40. The molecule has 2 N–H and O–H groups in total. The molecule has 0 spiro atoms. The number of hydrogen-bond acceptors (Lipinski definition) is 3. The molecule has 0 aliphatic carbocycles. The van der Waals surface area contributed by atoms with Gasteiger partial charge in [-0.2, -0.15) is 0 Å². The highest BCUT2D eigenvalue weighted by molar-refractivity contribution is 6.31. The summed E-state index contributed by atoms with van der Waals surface area (Å²) in [5.41, 5.74) is 2.77. The van der Waals surface area contributed by atoms with Crippen LogP contribution in [0.1, 0.15) is 11.1 Å². The van der Waals surface area contributed by atoms with Crippen molar-refractivity contribution in [3.63, 3.8) is 0 Å². The van der Waals surface area contributed by atoms with Crippen molar-refractivity contribution in [3.8, 4) is 5.75 Å². The van der Waals surface area contributed by atoms with Gasteiger partial charge in [-0.05, 0) is 30.7 Å². The maximum Gasteiger partial charge on any atom is 0.279 e. The molecule has 0 saturated carbocycles. The van der Waals surface area contributed by atoms with Gasteiger partial charge in [0.05, 0.1) is 19.8 Å². The van der Waals surface area contributed by atoms with Crippen LogP contribution < -0.4 is 15.0 Å². The van der Waals surface area contributed by atoms with Crippen molar-refractivity contribution in [2.45, 2.75) is 13.5 Å². The van der Waals surface area contributed by atoms with Gasteiger partial charge >= 0.3 is 0 Å². The van der Waals surface area contributed by atoms with E-state index in [1.54, 1.807) is 30.1 Å². The van der Waals surface area contributed by atoms with E-state index in [1.165, 1.54) is 12.7 Å². The van der Waals surface area contributed by atoms with E-state index in [0.29, 0.717) is 23.0 Å². The van der Waals surface area contributed by atoms with Crippen molar-refractivity contribution in [3.05, 3.63) is 58.6 Å². The molecule has 0 saturated heterocycles. The molecule has 2 aromatic rings. The second-order valence-corrected chi connectivity index (χ2v) is 7.38. The van der Waals surface area contributed by atoms with Crippen molar-refractivity contribution < 1.29 is 19.2 Å². The number of nitrogens with one attached hydrogen (secondary N) is 2. The lowest BCUT2D eigenvalue weighted by atomic mass is 10.1. The fourth-order valence-electron chi connectivity index (χ4n) is 2.76. The Balaban J connectivity index is 1.85. The van der Waals surface area contributed by atoms with Crippen LogP contribution in [0.5, 0.6) is 5.75 Å². The highest BCUT2D eigenvalue weighted by atomic mass is 35.5. The Morgan fingerprint density at radius 1 is 1.14 bits per heavy atom. The van der Waals surface area contributed by atoms with Gasteiger partial charge in [-0.15, -0.1) is 0 Å². The molecule has 0 bridgehead atoms. The first-order valence-electron chi connectivity index (χ1n) is 9.02. The summed E-state index contributed by atoms with van der Waals surface area (Å²) in [5, 5.41) is 3.29. The summed E-state index contributed by atoms with van der Waals surface area (Å²) in [6.07, 6.45) is 0. The van der Waals surface area contributed by atoms with Gasteiger partial charge in [0.1, 0.15) is 5.75 Å². The third kappa shape index (κ3) is 6.55. The summed E-state index contributed by atoms with van der Waals surface area (Å²) in [6.45, 7) is 2.95. The topological polar surface area (TPSA) is 63.1 Å². The summed E-state index contributed by atoms with van der Waals surface area (Å²) in [7, 11) is 5.11. The summed E-state index contributed by atoms with van der Waals surface area (Å²) in [5.74, 6) is 0.294. The zero-order valence-corrected chi connectivity index (χ0v) is 17.5. The molecule has 6 nitrogen and oxygen atoms in total. The van der Waals surface area contributed by atoms with Crippen molar-refractivity contribution in [1.29, 1.82) is 0 Å². The number of hydrogen-bond donors (Lipinski definition) is 2. The number of anilines is 1. The molecule has 0 heterocycles. The van der Waals surface area contributed by atoms with Gasteiger partial charge in [-0.25, -0.2) is 0 Å². The Hall–Kier alpha value is -2.57. The minimum Gasteiger partial charge on any atom is -0.495 e. The number of quaternary nitrogens is 1. The van der Waals surface area contributed by atoms with Gasteiger partial charge in [0, 0.05) is 18.6 Å². The molecule has 28 heavy (non-hydrogen) atoms. The summed E-state index contributed by atoms with van der Waals surface area (Å²) >= 11 is 5.98. The number of ether oxygens (including phenoxy) is 1. The number of halogens is 1. The predicted molar refractivity (Wildman–Crippen MR) is 111 cm³/mol. The average Bonchev–Trinajstić information content (AvgIpc) is 2.63. The molecule has 0 radical (unpaired) electrons. The highest BCUT2D eigenvalue weighted by Gasteiger charge is 2.18. The number of nitrogens with zero attached hydrogens (tertiary/aromatic N) is 1. The molecule has 2 amide bonds. The molecule has 0 aliphatic heterocycles. The maximum atomic E-state index is 12.4. The van der Waals surface area contributed by atoms with E-state index in [0.717, 1.165) is 10.5 Å². The van der Waals surface area contributed by atoms with Crippen LogP contribution in [0.15, 0.2) is 42.5 Å². The van der Waals surface area contributed by atoms with Gasteiger partial charge in [0.15, 0.2) is 13.1 Å². The molecular formula is C21H27ClN3O3+. The second-order valence-electron chi connectivity index (χ2n) is 6.94. The van der Waals surface area contributed by atoms with Crippen molar-refractivity contribution >= 4 is 29.1 Å². The molecule has 7 heteroatoms. The molecule has 1 unspecified atom stereocenters. The van der Waals surface area contributed by atoms with E-state index in [1.807, 2.05) is 38.2 Å². The monoisotopic (exact) mass is 404 g/mol. The normalized spacial score (nSPS) is 11.6. The summed E-state index contributed by atoms with van der Waals surface area (Å²) in [6, 6.07) is 13.1. The molecule has 2 rings (SSSR count). The lowest BCUT2D eigenvalue weighted by Gasteiger charge is -2.20. The second kappa shape index (κ2) is 10.1. The van der Waals surface area contributed by atoms with Gasteiger partial charge in [0.2, 0.25) is 0 Å². The lowest BCUT2D eigenvalue weighted by molar-refractivity contribution is -0.862. The molecule has 0 aromatic heterocycles. The minimum absolute atomic E-state index is 0.0220. The quantitative estimate of drug-likeness (QED) is 0.704. The molecule has 0 aliphatic rings. The zero-order valence-electron chi connectivity index (χ0n) is 16.7. The Kier molecular flexibility index (Phi) is 7.84. The number of benzene rings is 2. The lowest BCUT2D eigenvalue weighted by Crippen LogP contribution is -3.11. The van der Waals surface area contributed by atoms with E-state index in [-0.39, 0.29) is 24.9 Å². The van der Waals surface area contributed by atoms with Crippen LogP contribution in [0.3, 0.4) is 0 Å². The fraction of sp³-hybridized carbons (Fsp3) is 0.333. The van der Waals surface area contributed by atoms with E-state index < -0.39 is 0 Å². The van der Waals surface area contributed by atoms with Gasteiger partial charge in [-0.3, -0.25) is 9.59 Å². The molecule has 150 valence electrons. The van der Waals surface area contributed by atoms with Crippen LogP contribution in [0.2, 0.25) is 5.02 Å². The number of carbonyl (C=O) groups excluding carboxylic acids is 2. The Morgan fingerprint density at radius 2 is 1.82 bits per heavy atom. The third-order valence-corrected chi connectivity index (χ3v) is 4.55. The van der Waals surface area contributed by atoms with Crippen LogP contribution in [-0.4, -0.2) is 51.0 Å². The number of rotatable bonds is 8. The van der Waals surface area contributed by atoms with E-state index in [4.69, 9.17) is 16.3 Å².